The molecule has 0 unspecified atom stereocenters. The average Bonchev–Trinajstić information content (AvgIpc) is 2.44. The van der Waals surface area contributed by atoms with Crippen LogP contribution in [0.5, 0.6) is 0 Å². The van der Waals surface area contributed by atoms with Crippen LogP contribution in [0.1, 0.15) is 35.7 Å². The molecule has 0 aliphatic rings. The molecule has 0 radical (unpaired) electrons. The van der Waals surface area contributed by atoms with E-state index in [2.05, 4.69) is 19.2 Å². The van der Waals surface area contributed by atoms with Crippen LogP contribution in [0.3, 0.4) is 0 Å². The van der Waals surface area contributed by atoms with E-state index in [9.17, 15) is 4.79 Å². The SMILES string of the molecule is CC(C)c1ccc(C(=O)Nc2cc(Cl)c(N)c(Cl)c2)cc1. The van der Waals surface area contributed by atoms with Crippen molar-refractivity contribution in [2.75, 3.05) is 11.1 Å². The number of nitrogens with one attached hydrogen (secondary N) is 1. The minimum absolute atomic E-state index is 0.220. The van der Waals surface area contributed by atoms with Crippen molar-refractivity contribution in [3.8, 4) is 0 Å². The van der Waals surface area contributed by atoms with Crippen LogP contribution in [0, 0.1) is 0 Å². The van der Waals surface area contributed by atoms with Gasteiger partial charge in [-0.1, -0.05) is 49.2 Å². The van der Waals surface area contributed by atoms with E-state index < -0.39 is 0 Å². The third kappa shape index (κ3) is 3.69. The van der Waals surface area contributed by atoms with Crippen molar-refractivity contribution in [2.24, 2.45) is 0 Å². The van der Waals surface area contributed by atoms with Crippen molar-refractivity contribution in [3.05, 3.63) is 57.6 Å². The zero-order chi connectivity index (χ0) is 15.6. The Morgan fingerprint density at radius 3 is 2.10 bits per heavy atom. The normalized spacial score (nSPS) is 10.7. The molecule has 0 aliphatic heterocycles. The van der Waals surface area contributed by atoms with Gasteiger partial charge in [-0.05, 0) is 35.7 Å². The number of nitrogens with two attached hydrogens (primary N) is 1. The maximum Gasteiger partial charge on any atom is 0.255 e. The van der Waals surface area contributed by atoms with Crippen LogP contribution in [-0.2, 0) is 0 Å². The Bertz CT molecular complexity index is 643. The molecular weight excluding hydrogens is 307 g/mol. The fraction of sp³-hybridized carbons (Fsp3) is 0.188. The van der Waals surface area contributed by atoms with Crippen LogP contribution in [0.25, 0.3) is 0 Å². The number of hydrogen-bond acceptors (Lipinski definition) is 2. The zero-order valence-electron chi connectivity index (χ0n) is 11.8. The Morgan fingerprint density at radius 2 is 1.62 bits per heavy atom. The summed E-state index contributed by atoms with van der Waals surface area (Å²) in [6, 6.07) is 10.6. The van der Waals surface area contributed by atoms with E-state index >= 15 is 0 Å². The minimum atomic E-state index is -0.220. The average molecular weight is 323 g/mol. The lowest BCUT2D eigenvalue weighted by Crippen LogP contribution is -2.12. The second kappa shape index (κ2) is 6.37. The molecule has 0 fully saturated rings. The van der Waals surface area contributed by atoms with Gasteiger partial charge < -0.3 is 11.1 Å². The van der Waals surface area contributed by atoms with Crippen molar-refractivity contribution in [3.63, 3.8) is 0 Å². The van der Waals surface area contributed by atoms with E-state index in [1.807, 2.05) is 12.1 Å². The number of benzene rings is 2. The Hall–Kier alpha value is -1.71. The Kier molecular flexibility index (Phi) is 4.76. The number of carbonyl (C=O) groups excluding carboxylic acids is 1. The highest BCUT2D eigenvalue weighted by Crippen LogP contribution is 2.31. The van der Waals surface area contributed by atoms with Gasteiger partial charge in [0.2, 0.25) is 0 Å². The van der Waals surface area contributed by atoms with Gasteiger partial charge in [-0.2, -0.15) is 0 Å². The molecule has 0 aliphatic carbocycles. The van der Waals surface area contributed by atoms with Crippen molar-refractivity contribution >= 4 is 40.5 Å². The zero-order valence-corrected chi connectivity index (χ0v) is 13.3. The fourth-order valence-corrected chi connectivity index (χ4v) is 2.37. The van der Waals surface area contributed by atoms with Gasteiger partial charge in [-0.15, -0.1) is 0 Å². The van der Waals surface area contributed by atoms with Crippen molar-refractivity contribution in [1.29, 1.82) is 0 Å². The molecule has 5 heteroatoms. The van der Waals surface area contributed by atoms with Crippen LogP contribution >= 0.6 is 23.2 Å². The highest BCUT2D eigenvalue weighted by atomic mass is 35.5. The van der Waals surface area contributed by atoms with Crippen molar-refractivity contribution in [1.82, 2.24) is 0 Å². The summed E-state index contributed by atoms with van der Waals surface area (Å²) in [5.74, 6) is 0.207. The predicted octanol–water partition coefficient (Wildman–Crippen LogP) is 4.95. The van der Waals surface area contributed by atoms with Crippen LogP contribution in [0.15, 0.2) is 36.4 Å². The van der Waals surface area contributed by atoms with E-state index in [0.29, 0.717) is 32.9 Å². The van der Waals surface area contributed by atoms with Gasteiger partial charge in [0.1, 0.15) is 0 Å². The van der Waals surface area contributed by atoms with E-state index in [4.69, 9.17) is 28.9 Å². The number of hydrogen-bond donors (Lipinski definition) is 2. The summed E-state index contributed by atoms with van der Waals surface area (Å²) in [7, 11) is 0. The van der Waals surface area contributed by atoms with Crippen LogP contribution in [-0.4, -0.2) is 5.91 Å². The maximum atomic E-state index is 12.2. The smallest absolute Gasteiger partial charge is 0.255 e. The number of halogens is 2. The van der Waals surface area contributed by atoms with Gasteiger partial charge in [0.15, 0.2) is 0 Å². The van der Waals surface area contributed by atoms with Gasteiger partial charge in [-0.25, -0.2) is 0 Å². The molecule has 0 heterocycles. The molecule has 3 nitrogen and oxygen atoms in total. The molecular formula is C16H16Cl2N2O. The fourth-order valence-electron chi connectivity index (χ4n) is 1.88. The quantitative estimate of drug-likeness (QED) is 0.785. The molecule has 2 rings (SSSR count). The highest BCUT2D eigenvalue weighted by molar-refractivity contribution is 6.39. The number of anilines is 2. The number of carbonyl (C=O) groups is 1. The Labute approximate surface area is 134 Å². The molecule has 1 amide bonds. The van der Waals surface area contributed by atoms with Gasteiger partial charge >= 0.3 is 0 Å². The van der Waals surface area contributed by atoms with E-state index in [-0.39, 0.29) is 5.91 Å². The monoisotopic (exact) mass is 322 g/mol. The first-order valence-electron chi connectivity index (χ1n) is 6.54. The third-order valence-electron chi connectivity index (χ3n) is 3.18. The summed E-state index contributed by atoms with van der Waals surface area (Å²) in [5.41, 5.74) is 8.23. The predicted molar refractivity (Wildman–Crippen MR) is 89.4 cm³/mol. The van der Waals surface area contributed by atoms with Crippen LogP contribution in [0.2, 0.25) is 10.0 Å². The van der Waals surface area contributed by atoms with Gasteiger partial charge in [0.05, 0.1) is 15.7 Å². The second-order valence-electron chi connectivity index (χ2n) is 5.08. The number of nitrogen functional groups attached to an aromatic ring is 1. The molecule has 0 aromatic heterocycles. The minimum Gasteiger partial charge on any atom is -0.396 e. The van der Waals surface area contributed by atoms with E-state index in [0.717, 1.165) is 0 Å². The van der Waals surface area contributed by atoms with Crippen molar-refractivity contribution in [2.45, 2.75) is 19.8 Å². The van der Waals surface area contributed by atoms with Gasteiger partial charge in [0.25, 0.3) is 5.91 Å². The highest BCUT2D eigenvalue weighted by Gasteiger charge is 2.10. The number of amides is 1. The summed E-state index contributed by atoms with van der Waals surface area (Å²) in [5, 5.41) is 3.38. The molecule has 0 atom stereocenters. The molecule has 110 valence electrons. The molecule has 3 N–H and O–H groups in total. The largest absolute Gasteiger partial charge is 0.396 e. The summed E-state index contributed by atoms with van der Waals surface area (Å²) in [6.45, 7) is 4.21. The molecule has 2 aromatic carbocycles. The second-order valence-corrected chi connectivity index (χ2v) is 5.90. The molecule has 21 heavy (non-hydrogen) atoms. The summed E-state index contributed by atoms with van der Waals surface area (Å²) in [6.07, 6.45) is 0. The standard InChI is InChI=1S/C16H16Cl2N2O/c1-9(2)10-3-5-11(6-4-10)16(21)20-12-7-13(17)15(19)14(18)8-12/h3-9H,19H2,1-2H3,(H,20,21). The van der Waals surface area contributed by atoms with Gasteiger partial charge in [-0.3, -0.25) is 4.79 Å². The van der Waals surface area contributed by atoms with Crippen molar-refractivity contribution < 1.29 is 4.79 Å². The maximum absolute atomic E-state index is 12.2. The van der Waals surface area contributed by atoms with E-state index in [1.165, 1.54) is 5.56 Å². The summed E-state index contributed by atoms with van der Waals surface area (Å²) in [4.78, 5) is 12.2. The Morgan fingerprint density at radius 1 is 1.10 bits per heavy atom. The lowest BCUT2D eigenvalue weighted by atomic mass is 10.0. The lowest BCUT2D eigenvalue weighted by Gasteiger charge is -2.10. The van der Waals surface area contributed by atoms with E-state index in [1.54, 1.807) is 24.3 Å². The Balaban J connectivity index is 2.18. The molecule has 0 saturated carbocycles. The van der Waals surface area contributed by atoms with Crippen LogP contribution in [0.4, 0.5) is 11.4 Å². The lowest BCUT2D eigenvalue weighted by molar-refractivity contribution is 0.102. The topological polar surface area (TPSA) is 55.1 Å². The van der Waals surface area contributed by atoms with Gasteiger partial charge in [0, 0.05) is 11.3 Å². The molecule has 0 spiro atoms. The summed E-state index contributed by atoms with van der Waals surface area (Å²) < 4.78 is 0. The molecule has 2 aromatic rings. The summed E-state index contributed by atoms with van der Waals surface area (Å²) >= 11 is 11.9. The molecule has 0 bridgehead atoms. The van der Waals surface area contributed by atoms with Crippen LogP contribution < -0.4 is 11.1 Å². The molecule has 0 saturated heterocycles. The first-order chi connectivity index (χ1) is 9.88. The first kappa shape index (κ1) is 15.7. The first-order valence-corrected chi connectivity index (χ1v) is 7.30. The number of rotatable bonds is 3. The third-order valence-corrected chi connectivity index (χ3v) is 3.80.